The van der Waals surface area contributed by atoms with Crippen LogP contribution in [0.3, 0.4) is 0 Å². The molecule has 0 saturated heterocycles. The van der Waals surface area contributed by atoms with Crippen LogP contribution in [0, 0.1) is 0 Å². The summed E-state index contributed by atoms with van der Waals surface area (Å²) in [5.74, 6) is -1.56. The van der Waals surface area contributed by atoms with Crippen LogP contribution in [0.15, 0.2) is 36.9 Å². The SMILES string of the molecule is COC(=O)/C(=C/n1nc(-c2cc(C(F)(F)F)cc(C(F)(F)F)c2)nc1O)c1cncnc1. The van der Waals surface area contributed by atoms with Gasteiger partial charge >= 0.3 is 24.3 Å². The van der Waals surface area contributed by atoms with Gasteiger partial charge in [0.05, 0.1) is 23.8 Å². The van der Waals surface area contributed by atoms with E-state index in [1.165, 1.54) is 18.7 Å². The lowest BCUT2D eigenvalue weighted by Gasteiger charge is -2.13. The van der Waals surface area contributed by atoms with Crippen LogP contribution in [0.4, 0.5) is 26.3 Å². The summed E-state index contributed by atoms with van der Waals surface area (Å²) in [7, 11) is 1.06. The zero-order valence-corrected chi connectivity index (χ0v) is 15.8. The minimum atomic E-state index is -5.08. The summed E-state index contributed by atoms with van der Waals surface area (Å²) in [4.78, 5) is 23.0. The second kappa shape index (κ2) is 8.28. The summed E-state index contributed by atoms with van der Waals surface area (Å²) in [5, 5.41) is 13.7. The zero-order valence-electron chi connectivity index (χ0n) is 15.8. The minimum absolute atomic E-state index is 0.0506. The van der Waals surface area contributed by atoms with Crippen LogP contribution in [-0.4, -0.2) is 42.9 Å². The number of carbonyl (C=O) groups is 1. The first-order valence-electron chi connectivity index (χ1n) is 8.41. The average Bonchev–Trinajstić information content (AvgIpc) is 3.11. The Morgan fingerprint density at radius 3 is 2.09 bits per heavy atom. The minimum Gasteiger partial charge on any atom is -0.479 e. The maximum Gasteiger partial charge on any atom is 0.416 e. The Morgan fingerprint density at radius 1 is 1.03 bits per heavy atom. The Morgan fingerprint density at radius 2 is 1.59 bits per heavy atom. The van der Waals surface area contributed by atoms with Crippen LogP contribution in [-0.2, 0) is 21.9 Å². The lowest BCUT2D eigenvalue weighted by atomic mass is 10.0. The molecule has 0 atom stereocenters. The summed E-state index contributed by atoms with van der Waals surface area (Å²) in [6, 6.07) is -0.149. The van der Waals surface area contributed by atoms with Gasteiger partial charge in [0.2, 0.25) is 0 Å². The number of aromatic hydroxyl groups is 1. The predicted octanol–water partition coefficient (Wildman–Crippen LogP) is 3.65. The molecule has 14 heteroatoms. The molecule has 0 bridgehead atoms. The van der Waals surface area contributed by atoms with Gasteiger partial charge in [-0.2, -0.15) is 36.0 Å². The van der Waals surface area contributed by atoms with E-state index < -0.39 is 46.8 Å². The number of carbonyl (C=O) groups excluding carboxylic acids is 1. The van der Waals surface area contributed by atoms with Gasteiger partial charge in [-0.05, 0) is 18.2 Å². The van der Waals surface area contributed by atoms with Crippen molar-refractivity contribution in [3.05, 3.63) is 53.6 Å². The van der Waals surface area contributed by atoms with E-state index in [1.807, 2.05) is 0 Å². The van der Waals surface area contributed by atoms with Crippen molar-refractivity contribution < 1.29 is 41.0 Å². The molecule has 0 aliphatic rings. The normalized spacial score (nSPS) is 12.7. The lowest BCUT2D eigenvalue weighted by molar-refractivity contribution is -0.143. The van der Waals surface area contributed by atoms with E-state index in [1.54, 1.807) is 0 Å². The first-order valence-corrected chi connectivity index (χ1v) is 8.41. The second-order valence-corrected chi connectivity index (χ2v) is 6.14. The topological polar surface area (TPSA) is 103 Å². The summed E-state index contributed by atoms with van der Waals surface area (Å²) < 4.78 is 83.7. The van der Waals surface area contributed by atoms with Crippen molar-refractivity contribution in [2.75, 3.05) is 7.11 Å². The standard InChI is InChI=1S/C18H11F6N5O3/c1-32-15(30)13(10-5-25-8-26-6-10)7-29-16(31)27-14(28-29)9-2-11(17(19,20)21)4-12(3-9)18(22,23)24/h2-8H,1H3,(H,27,28,31)/b13-7+. The molecule has 0 amide bonds. The zero-order chi connectivity index (χ0) is 23.7. The van der Waals surface area contributed by atoms with Crippen LogP contribution in [0.25, 0.3) is 23.2 Å². The largest absolute Gasteiger partial charge is 0.479 e. The molecule has 32 heavy (non-hydrogen) atoms. The van der Waals surface area contributed by atoms with Gasteiger partial charge in [0.25, 0.3) is 0 Å². The smallest absolute Gasteiger partial charge is 0.416 e. The van der Waals surface area contributed by atoms with Crippen molar-refractivity contribution >= 4 is 17.7 Å². The Kier molecular flexibility index (Phi) is 5.88. The monoisotopic (exact) mass is 459 g/mol. The summed E-state index contributed by atoms with van der Waals surface area (Å²) in [6.45, 7) is 0. The number of nitrogens with zero attached hydrogens (tertiary/aromatic N) is 5. The Hall–Kier alpha value is -3.97. The van der Waals surface area contributed by atoms with E-state index in [2.05, 4.69) is 24.8 Å². The van der Waals surface area contributed by atoms with E-state index in [0.717, 1.165) is 13.3 Å². The number of esters is 1. The number of halogens is 6. The maximum atomic E-state index is 13.1. The van der Waals surface area contributed by atoms with Gasteiger partial charge in [0.1, 0.15) is 6.33 Å². The fraction of sp³-hybridized carbons (Fsp3) is 0.167. The highest BCUT2D eigenvalue weighted by Gasteiger charge is 2.37. The first kappa shape index (κ1) is 22.7. The molecule has 0 saturated carbocycles. The second-order valence-electron chi connectivity index (χ2n) is 6.14. The van der Waals surface area contributed by atoms with E-state index >= 15 is 0 Å². The van der Waals surface area contributed by atoms with Gasteiger partial charge in [-0.1, -0.05) is 0 Å². The summed E-state index contributed by atoms with van der Waals surface area (Å²) in [5.41, 5.74) is -3.90. The number of hydrogen-bond donors (Lipinski definition) is 1. The lowest BCUT2D eigenvalue weighted by Crippen LogP contribution is -2.11. The van der Waals surface area contributed by atoms with Gasteiger partial charge in [-0.25, -0.2) is 14.8 Å². The van der Waals surface area contributed by atoms with Crippen molar-refractivity contribution in [3.8, 4) is 17.4 Å². The van der Waals surface area contributed by atoms with Gasteiger partial charge in [0, 0.05) is 29.7 Å². The quantitative estimate of drug-likeness (QED) is 0.361. The van der Waals surface area contributed by atoms with Crippen LogP contribution >= 0.6 is 0 Å². The highest BCUT2D eigenvalue weighted by Crippen LogP contribution is 2.38. The molecular weight excluding hydrogens is 448 g/mol. The Balaban J connectivity index is 2.14. The van der Waals surface area contributed by atoms with Crippen LogP contribution in [0.2, 0.25) is 0 Å². The first-order chi connectivity index (χ1) is 14.9. The van der Waals surface area contributed by atoms with Crippen LogP contribution in [0.1, 0.15) is 16.7 Å². The molecule has 0 spiro atoms. The molecule has 0 radical (unpaired) electrons. The molecule has 0 fully saturated rings. The molecule has 0 aliphatic carbocycles. The van der Waals surface area contributed by atoms with Crippen molar-refractivity contribution in [1.82, 2.24) is 24.7 Å². The fourth-order valence-electron chi connectivity index (χ4n) is 2.52. The summed E-state index contributed by atoms with van der Waals surface area (Å²) in [6.07, 6.45) is -5.61. The Bertz CT molecular complexity index is 1140. The molecule has 0 aliphatic heterocycles. The number of rotatable bonds is 4. The number of ether oxygens (including phenoxy) is 1. The molecule has 3 aromatic rings. The van der Waals surface area contributed by atoms with E-state index in [-0.39, 0.29) is 17.2 Å². The maximum absolute atomic E-state index is 13.1. The van der Waals surface area contributed by atoms with Crippen LogP contribution in [0.5, 0.6) is 6.01 Å². The molecule has 3 rings (SSSR count). The average molecular weight is 459 g/mol. The van der Waals surface area contributed by atoms with Crippen molar-refractivity contribution in [1.29, 1.82) is 0 Å². The van der Waals surface area contributed by atoms with E-state index in [0.29, 0.717) is 16.8 Å². The van der Waals surface area contributed by atoms with Gasteiger partial charge in [-0.3, -0.25) is 0 Å². The highest BCUT2D eigenvalue weighted by atomic mass is 19.4. The van der Waals surface area contributed by atoms with Crippen LogP contribution < -0.4 is 0 Å². The third-order valence-corrected chi connectivity index (χ3v) is 3.99. The van der Waals surface area contributed by atoms with Gasteiger partial charge < -0.3 is 9.84 Å². The molecule has 8 nitrogen and oxygen atoms in total. The van der Waals surface area contributed by atoms with E-state index in [9.17, 15) is 36.2 Å². The Labute approximate surface area is 174 Å². The number of hydrogen-bond acceptors (Lipinski definition) is 7. The number of methoxy groups -OCH3 is 1. The van der Waals surface area contributed by atoms with Gasteiger partial charge in [-0.15, -0.1) is 5.10 Å². The van der Waals surface area contributed by atoms with Gasteiger partial charge in [0.15, 0.2) is 5.82 Å². The highest BCUT2D eigenvalue weighted by molar-refractivity contribution is 6.20. The molecule has 2 aromatic heterocycles. The van der Waals surface area contributed by atoms with Crippen molar-refractivity contribution in [2.45, 2.75) is 12.4 Å². The summed E-state index contributed by atoms with van der Waals surface area (Å²) >= 11 is 0. The fourth-order valence-corrected chi connectivity index (χ4v) is 2.52. The van der Waals surface area contributed by atoms with Crippen molar-refractivity contribution in [2.24, 2.45) is 0 Å². The van der Waals surface area contributed by atoms with Crippen molar-refractivity contribution in [3.63, 3.8) is 0 Å². The third-order valence-electron chi connectivity index (χ3n) is 3.99. The predicted molar refractivity (Wildman–Crippen MR) is 95.3 cm³/mol. The molecule has 2 heterocycles. The molecule has 1 aromatic carbocycles. The van der Waals surface area contributed by atoms with E-state index in [4.69, 9.17) is 0 Å². The number of alkyl halides is 6. The molecule has 168 valence electrons. The molecular formula is C18H11F6N5O3. The number of benzene rings is 1. The third kappa shape index (κ3) is 4.84. The molecule has 0 unspecified atom stereocenters. The number of aromatic nitrogens is 5. The molecule has 1 N–H and O–H groups in total.